The van der Waals surface area contributed by atoms with Crippen LogP contribution in [0.3, 0.4) is 0 Å². The minimum Gasteiger partial charge on any atom is -0.544 e. The molecule has 0 bridgehead atoms. The Labute approximate surface area is 251 Å². The fourth-order valence-corrected chi connectivity index (χ4v) is 3.07. The van der Waals surface area contributed by atoms with E-state index >= 15 is 0 Å². The van der Waals surface area contributed by atoms with Gasteiger partial charge in [-0.15, -0.1) is 0 Å². The largest absolute Gasteiger partial charge is 3.00 e. The standard InChI is InChI=1S/3C9H18O4.Al/c3*1-6(2)12-9(5,8(10)11)13-7(3)4;/h3*6-7H,1-5H3,(H,10,11);/q;;;+3/p-3. The molecular formula is C27H51AlO12. The van der Waals surface area contributed by atoms with Gasteiger partial charge in [0.25, 0.3) is 0 Å². The van der Waals surface area contributed by atoms with Crippen LogP contribution in [0.2, 0.25) is 0 Å². The second kappa shape index (κ2) is 20.6. The Balaban J connectivity index is -0.000000240. The van der Waals surface area contributed by atoms with Gasteiger partial charge in [0.15, 0.2) is 0 Å². The van der Waals surface area contributed by atoms with E-state index in [1.54, 1.807) is 83.1 Å². The number of carboxylic acids is 3. The number of carboxylic acid groups (broad SMARTS) is 3. The average Bonchev–Trinajstić information content (AvgIpc) is 2.64. The van der Waals surface area contributed by atoms with Crippen molar-refractivity contribution in [3.8, 4) is 0 Å². The second-order valence-corrected chi connectivity index (χ2v) is 10.7. The zero-order valence-electron chi connectivity index (χ0n) is 26.9. The van der Waals surface area contributed by atoms with Gasteiger partial charge >= 0.3 is 17.4 Å². The van der Waals surface area contributed by atoms with Crippen molar-refractivity contribution < 1.29 is 58.1 Å². The quantitative estimate of drug-likeness (QED) is 0.190. The normalized spacial score (nSPS) is 12.2. The van der Waals surface area contributed by atoms with E-state index in [0.29, 0.717) is 0 Å². The van der Waals surface area contributed by atoms with Gasteiger partial charge in [-0.3, -0.25) is 0 Å². The van der Waals surface area contributed by atoms with Gasteiger partial charge in [-0.25, -0.2) is 0 Å². The molecule has 0 aliphatic carbocycles. The Morgan fingerprint density at radius 1 is 0.400 bits per heavy atom. The number of aliphatic carboxylic acids is 3. The maximum atomic E-state index is 10.7. The Kier molecular flexibility index (Phi) is 23.5. The Hall–Kier alpha value is -1.30. The molecule has 12 nitrogen and oxygen atoms in total. The molecule has 0 saturated carbocycles. The summed E-state index contributed by atoms with van der Waals surface area (Å²) in [6, 6.07) is 0. The average molecular weight is 595 g/mol. The molecule has 0 aromatic carbocycles. The summed E-state index contributed by atoms with van der Waals surface area (Å²) < 4.78 is 30.8. The van der Waals surface area contributed by atoms with E-state index in [9.17, 15) is 29.7 Å². The van der Waals surface area contributed by atoms with Crippen molar-refractivity contribution in [1.29, 1.82) is 0 Å². The van der Waals surface area contributed by atoms with Crippen molar-refractivity contribution >= 4 is 35.3 Å². The van der Waals surface area contributed by atoms with E-state index in [0.717, 1.165) is 0 Å². The molecular weight excluding hydrogens is 543 g/mol. The van der Waals surface area contributed by atoms with Crippen molar-refractivity contribution in [3.63, 3.8) is 0 Å². The van der Waals surface area contributed by atoms with Crippen LogP contribution in [0.15, 0.2) is 0 Å². The number of carbonyl (C=O) groups excluding carboxylic acids is 3. The van der Waals surface area contributed by atoms with E-state index < -0.39 is 35.3 Å². The minimum atomic E-state index is -1.65. The van der Waals surface area contributed by atoms with Gasteiger partial charge in [0.2, 0.25) is 17.4 Å². The van der Waals surface area contributed by atoms with Gasteiger partial charge in [0.05, 0.1) is 36.6 Å². The third kappa shape index (κ3) is 21.4. The third-order valence-electron chi connectivity index (χ3n) is 3.88. The minimum absolute atomic E-state index is 0. The molecule has 0 heterocycles. The molecule has 0 amide bonds. The van der Waals surface area contributed by atoms with Gasteiger partial charge < -0.3 is 58.1 Å². The maximum Gasteiger partial charge on any atom is 3.00 e. The third-order valence-corrected chi connectivity index (χ3v) is 3.88. The summed E-state index contributed by atoms with van der Waals surface area (Å²) in [6.45, 7) is 24.9. The van der Waals surface area contributed by atoms with Crippen LogP contribution >= 0.6 is 0 Å². The fourth-order valence-electron chi connectivity index (χ4n) is 3.07. The first-order valence-corrected chi connectivity index (χ1v) is 13.0. The van der Waals surface area contributed by atoms with Gasteiger partial charge in [-0.2, -0.15) is 0 Å². The molecule has 0 aliphatic rings. The zero-order valence-corrected chi connectivity index (χ0v) is 28.1. The molecule has 0 atom stereocenters. The molecule has 0 aromatic heterocycles. The van der Waals surface area contributed by atoms with E-state index in [2.05, 4.69) is 0 Å². The molecule has 0 radical (unpaired) electrons. The molecule has 0 fully saturated rings. The first kappa shape index (κ1) is 45.7. The van der Waals surface area contributed by atoms with E-state index in [1.165, 1.54) is 20.8 Å². The fraction of sp³-hybridized carbons (Fsp3) is 0.889. The molecule has 234 valence electrons. The van der Waals surface area contributed by atoms with Gasteiger partial charge in [0.1, 0.15) is 17.9 Å². The van der Waals surface area contributed by atoms with Gasteiger partial charge in [0, 0.05) is 0 Å². The van der Waals surface area contributed by atoms with Crippen molar-refractivity contribution in [2.45, 2.75) is 158 Å². The van der Waals surface area contributed by atoms with Gasteiger partial charge in [-0.05, 0) is 104 Å². The summed E-state index contributed by atoms with van der Waals surface area (Å²) in [5.41, 5.74) is 0. The van der Waals surface area contributed by atoms with Crippen LogP contribution in [0.4, 0.5) is 0 Å². The predicted octanol–water partition coefficient (Wildman–Crippen LogP) is 0.527. The van der Waals surface area contributed by atoms with Gasteiger partial charge in [-0.1, -0.05) is 0 Å². The number of hydrogen-bond donors (Lipinski definition) is 0. The van der Waals surface area contributed by atoms with Crippen LogP contribution in [0.5, 0.6) is 0 Å². The maximum absolute atomic E-state index is 10.7. The van der Waals surface area contributed by atoms with Crippen molar-refractivity contribution in [1.82, 2.24) is 0 Å². The van der Waals surface area contributed by atoms with Crippen LogP contribution in [-0.2, 0) is 42.8 Å². The molecule has 40 heavy (non-hydrogen) atoms. The first-order valence-electron chi connectivity index (χ1n) is 13.0. The second-order valence-electron chi connectivity index (χ2n) is 10.7. The van der Waals surface area contributed by atoms with E-state index in [1.807, 2.05) is 0 Å². The Bertz CT molecular complexity index is 595. The summed E-state index contributed by atoms with van der Waals surface area (Å²) in [5, 5.41) is 32.2. The molecule has 0 spiro atoms. The molecule has 0 aromatic rings. The first-order chi connectivity index (χ1) is 17.3. The molecule has 0 saturated heterocycles. The molecule has 0 aliphatic heterocycles. The zero-order chi connectivity index (χ0) is 31.9. The monoisotopic (exact) mass is 594 g/mol. The van der Waals surface area contributed by atoms with Crippen LogP contribution < -0.4 is 15.3 Å². The summed E-state index contributed by atoms with van der Waals surface area (Å²) >= 11 is 0. The molecule has 0 N–H and O–H groups in total. The topological polar surface area (TPSA) is 176 Å². The summed E-state index contributed by atoms with van der Waals surface area (Å²) in [6.07, 6.45) is -1.32. The molecule has 0 unspecified atom stereocenters. The Morgan fingerprint density at radius 3 is 0.550 bits per heavy atom. The van der Waals surface area contributed by atoms with Crippen LogP contribution in [0.1, 0.15) is 104 Å². The van der Waals surface area contributed by atoms with Crippen LogP contribution in [0.25, 0.3) is 0 Å². The smallest absolute Gasteiger partial charge is 0.544 e. The van der Waals surface area contributed by atoms with Crippen molar-refractivity contribution in [2.24, 2.45) is 0 Å². The number of ether oxygens (including phenoxy) is 6. The summed E-state index contributed by atoms with van der Waals surface area (Å²) in [7, 11) is 0. The Morgan fingerprint density at radius 2 is 0.500 bits per heavy atom. The van der Waals surface area contributed by atoms with E-state index in [4.69, 9.17) is 28.4 Å². The van der Waals surface area contributed by atoms with Crippen LogP contribution in [-0.4, -0.2) is 89.3 Å². The van der Waals surface area contributed by atoms with Crippen LogP contribution in [0, 0.1) is 0 Å². The SMILES string of the molecule is CC(C)OC(C)(OC(C)C)C(=O)[O-].CC(C)OC(C)(OC(C)C)C(=O)[O-].CC(C)OC(C)(OC(C)C)C(=O)[O-].[Al+3]. The van der Waals surface area contributed by atoms with Crippen molar-refractivity contribution in [3.05, 3.63) is 0 Å². The predicted molar refractivity (Wildman–Crippen MR) is 143 cm³/mol. The van der Waals surface area contributed by atoms with Crippen molar-refractivity contribution in [2.75, 3.05) is 0 Å². The van der Waals surface area contributed by atoms with E-state index in [-0.39, 0.29) is 54.0 Å². The number of carbonyl (C=O) groups is 3. The number of rotatable bonds is 15. The summed E-state index contributed by atoms with van der Waals surface area (Å²) in [5.74, 6) is -9.01. The summed E-state index contributed by atoms with van der Waals surface area (Å²) in [4.78, 5) is 32.2. The molecule has 13 heteroatoms. The number of hydrogen-bond acceptors (Lipinski definition) is 12. The molecule has 0 rings (SSSR count).